The number of fused-ring (bicyclic) bond motifs is 2. The third kappa shape index (κ3) is 10.7. The van der Waals surface area contributed by atoms with Crippen LogP contribution in [0, 0.1) is 0 Å². The van der Waals surface area contributed by atoms with Crippen molar-refractivity contribution in [2.24, 2.45) is 19.8 Å². The largest absolute Gasteiger partial charge is 0.384 e. The summed E-state index contributed by atoms with van der Waals surface area (Å²) in [5, 5.41) is 28.1. The predicted octanol–water partition coefficient (Wildman–Crippen LogP) is 5.82. The number of unbranched alkanes of at least 4 members (excludes halogenated alkanes) is 2. The summed E-state index contributed by atoms with van der Waals surface area (Å²) in [4.78, 5) is 52.6. The zero-order valence-corrected chi connectivity index (χ0v) is 35.7. The van der Waals surface area contributed by atoms with Crippen molar-refractivity contribution < 1.29 is 10.2 Å². The lowest BCUT2D eigenvalue weighted by Crippen LogP contribution is -2.21. The number of hydrogen-bond acceptors (Lipinski definition) is 13. The van der Waals surface area contributed by atoms with Crippen LogP contribution in [0.4, 0.5) is 11.6 Å². The number of pyridine rings is 4. The van der Waals surface area contributed by atoms with Gasteiger partial charge >= 0.3 is 0 Å². The normalized spacial score (nSPS) is 12.5. The molecular weight excluding hydrogens is 771 g/mol. The highest BCUT2D eigenvalue weighted by Gasteiger charge is 2.23. The van der Waals surface area contributed by atoms with Gasteiger partial charge in [-0.15, -0.1) is 0 Å². The maximum Gasteiger partial charge on any atom is 0.264 e. The van der Waals surface area contributed by atoms with Gasteiger partial charge in [-0.25, -0.2) is 19.9 Å². The van der Waals surface area contributed by atoms with E-state index >= 15 is 0 Å². The van der Waals surface area contributed by atoms with Crippen molar-refractivity contribution in [2.75, 3.05) is 30.3 Å². The molecule has 0 bridgehead atoms. The molecule has 0 aliphatic rings. The van der Waals surface area contributed by atoms with Crippen LogP contribution in [0.2, 0.25) is 0 Å². The minimum Gasteiger partial charge on any atom is -0.384 e. The predicted molar refractivity (Wildman–Crippen MR) is 241 cm³/mol. The van der Waals surface area contributed by atoms with E-state index in [2.05, 4.69) is 42.7 Å². The summed E-state index contributed by atoms with van der Waals surface area (Å²) in [6.45, 7) is 9.04. The van der Waals surface area contributed by atoms with Crippen LogP contribution in [-0.2, 0) is 31.7 Å². The topological polar surface area (TPSA) is 212 Å². The summed E-state index contributed by atoms with van der Waals surface area (Å²) in [5.74, 6) is 1.03. The fourth-order valence-corrected chi connectivity index (χ4v) is 6.57. The van der Waals surface area contributed by atoms with Gasteiger partial charge in [-0.3, -0.25) is 19.6 Å². The Labute approximate surface area is 354 Å². The second-order valence-corrected chi connectivity index (χ2v) is 15.8. The van der Waals surface area contributed by atoms with Crippen molar-refractivity contribution in [3.8, 4) is 22.5 Å². The van der Waals surface area contributed by atoms with Crippen LogP contribution in [-0.4, -0.2) is 68.9 Å². The number of nitrogens with two attached hydrogens (primary N) is 1. The van der Waals surface area contributed by atoms with Crippen LogP contribution in [0.15, 0.2) is 101 Å². The minimum atomic E-state index is -1.02. The van der Waals surface area contributed by atoms with E-state index in [0.29, 0.717) is 82.3 Å². The molecule has 6 heterocycles. The quantitative estimate of drug-likeness (QED) is 0.0773. The van der Waals surface area contributed by atoms with Gasteiger partial charge in [0, 0.05) is 50.7 Å². The molecule has 318 valence electrons. The molecule has 0 amide bonds. The van der Waals surface area contributed by atoms with E-state index in [4.69, 9.17) is 15.7 Å². The molecule has 0 radical (unpaired) electrons. The van der Waals surface area contributed by atoms with E-state index in [1.165, 1.54) is 27.4 Å². The third-order valence-electron chi connectivity index (χ3n) is 10.5. The summed E-state index contributed by atoms with van der Waals surface area (Å²) in [6.07, 6.45) is 10.7. The molecule has 61 heavy (non-hydrogen) atoms. The van der Waals surface area contributed by atoms with E-state index < -0.39 is 11.2 Å². The highest BCUT2D eigenvalue weighted by Crippen LogP contribution is 2.29. The summed E-state index contributed by atoms with van der Waals surface area (Å²) in [7, 11) is 3.35. The first-order valence-corrected chi connectivity index (χ1v) is 20.5. The molecule has 0 saturated carbocycles. The Balaban J connectivity index is 0.000000204. The van der Waals surface area contributed by atoms with E-state index in [1.807, 2.05) is 43.3 Å². The van der Waals surface area contributed by atoms with Crippen LogP contribution in [0.25, 0.3) is 44.3 Å². The maximum atomic E-state index is 12.8. The number of nitrogens with one attached hydrogen (secondary N) is 2. The fraction of sp³-hybridized carbons (Fsp3) is 0.348. The highest BCUT2D eigenvalue weighted by atomic mass is 16.3. The number of aromatic nitrogens is 8. The fourth-order valence-electron chi connectivity index (χ4n) is 6.57. The van der Waals surface area contributed by atoms with E-state index in [1.54, 1.807) is 65.5 Å². The van der Waals surface area contributed by atoms with Crippen LogP contribution >= 0.6 is 0 Å². The first-order valence-electron chi connectivity index (χ1n) is 20.5. The zero-order chi connectivity index (χ0) is 43.7. The highest BCUT2D eigenvalue weighted by molar-refractivity contribution is 5.92. The standard InChI is InChI=1S/C24H25N5O2.C22H30N6O2/c1-24(2,31)20-10-9-17(14-26-20)18-13-19-21(23(30)29(3)15-27-19)22(28-18)25-12-11-16-7-5-4-6-8-16;1-4-22(2,30)18-9-8-15(13-25-18)16-12-17-19(21(29)28(3)14-26-17)20(27-16)24-11-7-5-6-10-23/h4-10,13-15,31H,11-12H2,1-3H3,(H,25,28);8-9,12-14,30H,4-7,10-11,23H2,1-3H3,(H,24,27). The SMILES string of the molecule is CCC(C)(O)c1ccc(-c2cc3ncn(C)c(=O)c3c(NCCCCCN)n2)cn1.Cn1cnc2cc(-c3ccc(C(C)(C)O)nc3)nc(NCCc3ccccc3)c2c1=O. The van der Waals surface area contributed by atoms with Crippen LogP contribution in [0.5, 0.6) is 0 Å². The molecule has 0 spiro atoms. The zero-order valence-electron chi connectivity index (χ0n) is 35.7. The first kappa shape index (κ1) is 44.1. The Morgan fingerprint density at radius 2 is 1.20 bits per heavy atom. The number of rotatable bonds is 15. The van der Waals surface area contributed by atoms with Gasteiger partial charge in [-0.05, 0) is 95.0 Å². The lowest BCUT2D eigenvalue weighted by molar-refractivity contribution is 0.0485. The summed E-state index contributed by atoms with van der Waals surface area (Å²) in [6, 6.07) is 21.1. The molecule has 0 saturated heterocycles. The molecule has 0 fully saturated rings. The second kappa shape index (κ2) is 19.3. The van der Waals surface area contributed by atoms with Gasteiger partial charge < -0.3 is 35.7 Å². The van der Waals surface area contributed by atoms with E-state index in [-0.39, 0.29) is 11.1 Å². The summed E-state index contributed by atoms with van der Waals surface area (Å²) in [5.41, 5.74) is 9.71. The molecule has 7 rings (SSSR count). The van der Waals surface area contributed by atoms with Crippen LogP contribution < -0.4 is 27.5 Å². The van der Waals surface area contributed by atoms with Crippen LogP contribution in [0.3, 0.4) is 0 Å². The van der Waals surface area contributed by atoms with Gasteiger partial charge in [0.25, 0.3) is 11.1 Å². The lowest BCUT2D eigenvalue weighted by atomic mass is 9.98. The molecule has 15 nitrogen and oxygen atoms in total. The first-order chi connectivity index (χ1) is 29.2. The van der Waals surface area contributed by atoms with Crippen molar-refractivity contribution >= 4 is 33.4 Å². The van der Waals surface area contributed by atoms with Crippen LogP contribution in [0.1, 0.15) is 70.3 Å². The smallest absolute Gasteiger partial charge is 0.264 e. The number of hydrogen-bond donors (Lipinski definition) is 5. The Kier molecular flexibility index (Phi) is 14.0. The Morgan fingerprint density at radius 1 is 0.672 bits per heavy atom. The number of aryl methyl sites for hydroxylation is 2. The van der Waals surface area contributed by atoms with E-state index in [9.17, 15) is 19.8 Å². The average molecular weight is 826 g/mol. The number of aliphatic hydroxyl groups is 2. The molecule has 7 aromatic rings. The number of anilines is 2. The van der Waals surface area contributed by atoms with Gasteiger partial charge in [-0.2, -0.15) is 0 Å². The molecule has 6 N–H and O–H groups in total. The van der Waals surface area contributed by atoms with Gasteiger partial charge in [-0.1, -0.05) is 43.7 Å². The van der Waals surface area contributed by atoms with Gasteiger partial charge in [0.1, 0.15) is 33.6 Å². The third-order valence-corrected chi connectivity index (χ3v) is 10.5. The van der Waals surface area contributed by atoms with Crippen molar-refractivity contribution in [3.63, 3.8) is 0 Å². The van der Waals surface area contributed by atoms with Gasteiger partial charge in [0.15, 0.2) is 0 Å². The van der Waals surface area contributed by atoms with Crippen molar-refractivity contribution in [1.29, 1.82) is 0 Å². The summed E-state index contributed by atoms with van der Waals surface area (Å²) >= 11 is 0. The molecule has 1 aromatic carbocycles. The number of nitrogens with zero attached hydrogens (tertiary/aromatic N) is 8. The molecule has 1 atom stereocenters. The maximum absolute atomic E-state index is 12.8. The Bertz CT molecular complexity index is 2690. The Hall–Kier alpha value is -6.42. The molecule has 15 heteroatoms. The monoisotopic (exact) mass is 825 g/mol. The van der Waals surface area contributed by atoms with Crippen molar-refractivity contribution in [2.45, 2.75) is 71.0 Å². The van der Waals surface area contributed by atoms with Crippen molar-refractivity contribution in [1.82, 2.24) is 39.0 Å². The Morgan fingerprint density at radius 3 is 1.67 bits per heavy atom. The molecular formula is C46H55N11O4. The number of benzene rings is 1. The van der Waals surface area contributed by atoms with Gasteiger partial charge in [0.2, 0.25) is 0 Å². The second-order valence-electron chi connectivity index (χ2n) is 15.8. The molecule has 0 aliphatic carbocycles. The molecule has 0 aliphatic heterocycles. The van der Waals surface area contributed by atoms with Crippen molar-refractivity contribution in [3.05, 3.63) is 129 Å². The summed E-state index contributed by atoms with van der Waals surface area (Å²) < 4.78 is 2.90. The minimum absolute atomic E-state index is 0.143. The lowest BCUT2D eigenvalue weighted by Gasteiger charge is -2.20. The van der Waals surface area contributed by atoms with Gasteiger partial charge in [0.05, 0.1) is 46.5 Å². The average Bonchev–Trinajstić information content (AvgIpc) is 3.26. The van der Waals surface area contributed by atoms with E-state index in [0.717, 1.165) is 36.8 Å². The molecule has 6 aromatic heterocycles. The molecule has 1 unspecified atom stereocenters.